The largest absolute Gasteiger partial charge is 0.497 e. The lowest BCUT2D eigenvalue weighted by Crippen LogP contribution is -2.50. The lowest BCUT2D eigenvalue weighted by atomic mass is 10.1. The molecule has 2 aromatic carbocycles. The Morgan fingerprint density at radius 1 is 0.877 bits per heavy atom. The minimum absolute atomic E-state index is 0.0361. The van der Waals surface area contributed by atoms with Crippen molar-refractivity contribution >= 4 is 37.6 Å². The highest BCUT2D eigenvalue weighted by atomic mass is 28.4. The number of fused-ring (bicyclic) bond motifs is 1. The SMILES string of the molecule is CCC[C@@H](CCO[Si](C)(C)C(C)(C)C)Nc1nc(N(Cc2ccc(OC)cc2)Cc2ccc(OC)cc2)c2ncc(C(O)c3cnc(N4CCN(C(=O)OC(C)(C)C)CC4)c(C)c3)n2n1. The van der Waals surface area contributed by atoms with Crippen LogP contribution in [0, 0.1) is 6.92 Å². The zero-order chi connectivity index (χ0) is 47.1. The summed E-state index contributed by atoms with van der Waals surface area (Å²) in [5.74, 6) is 3.39. The molecule has 1 amide bonds. The molecule has 2 atom stereocenters. The topological polar surface area (TPSA) is 152 Å². The van der Waals surface area contributed by atoms with Crippen LogP contribution in [0.15, 0.2) is 67.0 Å². The first-order valence-corrected chi connectivity index (χ1v) is 25.7. The Labute approximate surface area is 386 Å². The van der Waals surface area contributed by atoms with Gasteiger partial charge in [0.25, 0.3) is 0 Å². The van der Waals surface area contributed by atoms with Gasteiger partial charge in [0.15, 0.2) is 19.8 Å². The summed E-state index contributed by atoms with van der Waals surface area (Å²) in [5.41, 5.74) is 4.05. The maximum atomic E-state index is 12.7. The predicted molar refractivity (Wildman–Crippen MR) is 260 cm³/mol. The van der Waals surface area contributed by atoms with Gasteiger partial charge in [-0.1, -0.05) is 58.4 Å². The fourth-order valence-corrected chi connectivity index (χ4v) is 8.67. The molecule has 0 radical (unpaired) electrons. The Balaban J connectivity index is 1.36. The van der Waals surface area contributed by atoms with Crippen LogP contribution in [0.4, 0.5) is 22.4 Å². The number of hydrogen-bond donors (Lipinski definition) is 2. The lowest BCUT2D eigenvalue weighted by molar-refractivity contribution is 0.0240. The van der Waals surface area contributed by atoms with E-state index in [9.17, 15) is 9.90 Å². The Morgan fingerprint density at radius 2 is 1.48 bits per heavy atom. The maximum absolute atomic E-state index is 12.7. The van der Waals surface area contributed by atoms with Crippen molar-refractivity contribution in [2.45, 2.75) is 124 Å². The van der Waals surface area contributed by atoms with Crippen LogP contribution >= 0.6 is 0 Å². The number of aryl methyl sites for hydroxylation is 1. The third-order valence-corrected chi connectivity index (χ3v) is 16.9. The first-order valence-electron chi connectivity index (χ1n) is 22.8. The number of amides is 1. The van der Waals surface area contributed by atoms with E-state index >= 15 is 0 Å². The van der Waals surface area contributed by atoms with Crippen molar-refractivity contribution < 1.29 is 28.5 Å². The van der Waals surface area contributed by atoms with Gasteiger partial charge < -0.3 is 43.8 Å². The Bertz CT molecular complexity index is 2290. The first-order chi connectivity index (χ1) is 30.8. The molecule has 0 spiro atoms. The Morgan fingerprint density at radius 3 is 2.00 bits per heavy atom. The molecule has 5 aromatic rings. The fourth-order valence-electron chi connectivity index (χ4n) is 7.61. The molecule has 352 valence electrons. The molecule has 0 bridgehead atoms. The van der Waals surface area contributed by atoms with Crippen LogP contribution in [0.1, 0.15) is 102 Å². The third kappa shape index (κ3) is 12.5. The summed E-state index contributed by atoms with van der Waals surface area (Å²) in [6.07, 6.45) is 4.62. The molecule has 1 saturated heterocycles. The average molecular weight is 910 g/mol. The number of nitrogens with one attached hydrogen (secondary N) is 1. The van der Waals surface area contributed by atoms with Crippen LogP contribution in [-0.2, 0) is 22.3 Å². The molecule has 0 aliphatic carbocycles. The number of carbonyl (C=O) groups excluding carboxylic acids is 1. The highest BCUT2D eigenvalue weighted by Gasteiger charge is 2.37. The van der Waals surface area contributed by atoms with E-state index in [0.29, 0.717) is 74.5 Å². The molecule has 65 heavy (non-hydrogen) atoms. The molecular formula is C49H71N9O6Si. The molecule has 16 heteroatoms. The van der Waals surface area contributed by atoms with Gasteiger partial charge in [-0.15, -0.1) is 5.10 Å². The molecule has 1 aliphatic rings. The second-order valence-electron chi connectivity index (χ2n) is 19.5. The number of methoxy groups -OCH3 is 2. The van der Waals surface area contributed by atoms with E-state index in [1.54, 1.807) is 36.0 Å². The van der Waals surface area contributed by atoms with E-state index in [1.807, 2.05) is 58.0 Å². The number of carbonyl (C=O) groups is 1. The Kier molecular flexibility index (Phi) is 15.7. The van der Waals surface area contributed by atoms with Crippen molar-refractivity contribution in [1.82, 2.24) is 29.5 Å². The lowest BCUT2D eigenvalue weighted by Gasteiger charge is -2.36. The van der Waals surface area contributed by atoms with Crippen LogP contribution < -0.4 is 24.6 Å². The standard InChI is InChI=1S/C49H71N9O6Si/c1-13-14-38(23-28-63-65(11,12)49(6,7)8)52-46-53-45(57(32-35-15-19-39(61-9)20-16-35)33-36-17-21-40(62-10)22-18-36)44-51-31-41(58(44)54-46)42(59)37-29-34(2)43(50-30-37)55-24-26-56(27-25-55)47(60)64-48(3,4)5/h15-22,29-31,38,42,59H,13-14,23-28,32-33H2,1-12H3,(H,52,54)/t38-,42?/m0/s1. The monoisotopic (exact) mass is 910 g/mol. The molecule has 15 nitrogen and oxygen atoms in total. The molecular weight excluding hydrogens is 839 g/mol. The van der Waals surface area contributed by atoms with Gasteiger partial charge in [0.05, 0.1) is 26.1 Å². The smallest absolute Gasteiger partial charge is 0.410 e. The van der Waals surface area contributed by atoms with E-state index in [1.165, 1.54) is 0 Å². The van der Waals surface area contributed by atoms with E-state index in [-0.39, 0.29) is 17.2 Å². The molecule has 4 heterocycles. The number of aliphatic hydroxyl groups excluding tert-OH is 1. The van der Waals surface area contributed by atoms with Crippen molar-refractivity contribution in [2.24, 2.45) is 0 Å². The van der Waals surface area contributed by atoms with Crippen molar-refractivity contribution in [2.75, 3.05) is 62.1 Å². The third-order valence-electron chi connectivity index (χ3n) is 12.3. The number of aromatic nitrogens is 5. The van der Waals surface area contributed by atoms with Gasteiger partial charge in [0, 0.05) is 63.7 Å². The summed E-state index contributed by atoms with van der Waals surface area (Å²) in [7, 11) is 1.37. The summed E-state index contributed by atoms with van der Waals surface area (Å²) >= 11 is 0. The summed E-state index contributed by atoms with van der Waals surface area (Å²) in [6, 6.07) is 18.0. The molecule has 3 aromatic heterocycles. The predicted octanol–water partition coefficient (Wildman–Crippen LogP) is 9.18. The van der Waals surface area contributed by atoms with Gasteiger partial charge >= 0.3 is 6.09 Å². The van der Waals surface area contributed by atoms with E-state index in [2.05, 4.69) is 80.2 Å². The minimum atomic E-state index is -1.96. The van der Waals surface area contributed by atoms with Gasteiger partial charge in [-0.25, -0.2) is 19.3 Å². The number of piperazine rings is 1. The van der Waals surface area contributed by atoms with Gasteiger partial charge in [-0.2, -0.15) is 4.98 Å². The number of nitrogens with zero attached hydrogens (tertiary/aromatic N) is 8. The second-order valence-corrected chi connectivity index (χ2v) is 24.3. The summed E-state index contributed by atoms with van der Waals surface area (Å²) in [5, 5.41) is 21.1. The molecule has 0 saturated carbocycles. The number of hydrogen-bond acceptors (Lipinski definition) is 13. The number of ether oxygens (including phenoxy) is 3. The summed E-state index contributed by atoms with van der Waals surface area (Å²) in [6.45, 7) is 25.0. The minimum Gasteiger partial charge on any atom is -0.497 e. The van der Waals surface area contributed by atoms with E-state index in [4.69, 9.17) is 38.7 Å². The highest BCUT2D eigenvalue weighted by Crippen LogP contribution is 2.37. The molecule has 1 fully saturated rings. The molecule has 6 rings (SSSR count). The van der Waals surface area contributed by atoms with Crippen LogP contribution in [0.2, 0.25) is 18.1 Å². The molecule has 1 aliphatic heterocycles. The fraction of sp³-hybridized carbons (Fsp3) is 0.531. The maximum Gasteiger partial charge on any atom is 0.410 e. The highest BCUT2D eigenvalue weighted by molar-refractivity contribution is 6.74. The number of benzene rings is 2. The van der Waals surface area contributed by atoms with Gasteiger partial charge in [-0.05, 0) is 106 Å². The van der Waals surface area contributed by atoms with Crippen molar-refractivity contribution in [1.29, 1.82) is 0 Å². The van der Waals surface area contributed by atoms with Gasteiger partial charge in [0.1, 0.15) is 29.0 Å². The zero-order valence-corrected chi connectivity index (χ0v) is 41.6. The van der Waals surface area contributed by atoms with Crippen LogP contribution in [-0.4, -0.2) is 108 Å². The summed E-state index contributed by atoms with van der Waals surface area (Å²) in [4.78, 5) is 33.9. The summed E-state index contributed by atoms with van der Waals surface area (Å²) < 4.78 is 24.9. The van der Waals surface area contributed by atoms with Gasteiger partial charge in [-0.3, -0.25) is 0 Å². The molecule has 2 N–H and O–H groups in total. The Hall–Kier alpha value is -5.45. The van der Waals surface area contributed by atoms with Crippen molar-refractivity contribution in [3.8, 4) is 11.5 Å². The quantitative estimate of drug-likeness (QED) is 0.0805. The average Bonchev–Trinajstić information content (AvgIpc) is 3.69. The van der Waals surface area contributed by atoms with Crippen LogP contribution in [0.25, 0.3) is 5.65 Å². The number of anilines is 3. The number of imidazole rings is 1. The molecule has 1 unspecified atom stereocenters. The van der Waals surface area contributed by atoms with Crippen LogP contribution in [0.3, 0.4) is 0 Å². The second kappa shape index (κ2) is 20.8. The first kappa shape index (κ1) is 49.0. The number of aliphatic hydroxyl groups is 1. The number of pyridine rings is 1. The van der Waals surface area contributed by atoms with Gasteiger partial charge in [0.2, 0.25) is 5.95 Å². The van der Waals surface area contributed by atoms with Crippen molar-refractivity contribution in [3.05, 3.63) is 94.9 Å². The van der Waals surface area contributed by atoms with E-state index < -0.39 is 20.0 Å². The normalized spacial score (nSPS) is 14.6. The number of rotatable bonds is 18. The van der Waals surface area contributed by atoms with Crippen molar-refractivity contribution in [3.63, 3.8) is 0 Å². The zero-order valence-electron chi connectivity index (χ0n) is 40.6. The van der Waals surface area contributed by atoms with E-state index in [0.717, 1.165) is 53.3 Å². The van der Waals surface area contributed by atoms with Crippen LogP contribution in [0.5, 0.6) is 11.5 Å².